The van der Waals surface area contributed by atoms with Crippen LogP contribution in [0, 0.1) is 11.6 Å². The minimum absolute atomic E-state index is 0.199. The number of fused-ring (bicyclic) bond motifs is 1. The van der Waals surface area contributed by atoms with Crippen LogP contribution in [0.5, 0.6) is 11.5 Å². The van der Waals surface area contributed by atoms with Crippen molar-refractivity contribution in [1.82, 2.24) is 24.3 Å². The van der Waals surface area contributed by atoms with Gasteiger partial charge in [0.1, 0.15) is 41.4 Å². The largest absolute Gasteiger partial charge is 0.457 e. The van der Waals surface area contributed by atoms with Crippen LogP contribution < -0.4 is 10.3 Å². The molecule has 0 aliphatic heterocycles. The number of nitrogens with zero attached hydrogens (tertiary/aromatic N) is 5. The third kappa shape index (κ3) is 4.81. The monoisotopic (exact) mass is 523 g/mol. The number of ether oxygens (including phenoxy) is 1. The van der Waals surface area contributed by atoms with E-state index in [1.165, 1.54) is 28.2 Å². The minimum Gasteiger partial charge on any atom is -0.457 e. The summed E-state index contributed by atoms with van der Waals surface area (Å²) in [4.78, 5) is 21.7. The zero-order valence-corrected chi connectivity index (χ0v) is 20.2. The summed E-state index contributed by atoms with van der Waals surface area (Å²) >= 11 is 5.91. The molecule has 188 valence electrons. The lowest BCUT2D eigenvalue weighted by Crippen LogP contribution is -2.43. The van der Waals surface area contributed by atoms with Crippen LogP contribution in [-0.4, -0.2) is 29.4 Å². The van der Waals surface area contributed by atoms with E-state index in [4.69, 9.17) is 16.3 Å². The quantitative estimate of drug-likeness (QED) is 0.327. The van der Waals surface area contributed by atoms with Crippen LogP contribution in [0.3, 0.4) is 0 Å². The predicted molar refractivity (Wildman–Crippen MR) is 133 cm³/mol. The summed E-state index contributed by atoms with van der Waals surface area (Å²) in [6, 6.07) is 13.4. The van der Waals surface area contributed by atoms with E-state index in [2.05, 4.69) is 15.1 Å². The van der Waals surface area contributed by atoms with E-state index in [1.807, 2.05) is 0 Å². The fourth-order valence-electron chi connectivity index (χ4n) is 4.17. The molecule has 5 aromatic rings. The topological polar surface area (TPSA) is 95.1 Å². The summed E-state index contributed by atoms with van der Waals surface area (Å²) in [5.41, 5.74) is -2.30. The third-order valence-electron chi connectivity index (χ3n) is 6.18. The first-order valence-corrected chi connectivity index (χ1v) is 11.6. The number of hydrogen-bond acceptors (Lipinski definition) is 6. The molecule has 0 fully saturated rings. The predicted octanol–water partition coefficient (Wildman–Crippen LogP) is 4.86. The standard InChI is InChI=1S/C26H20ClF2N5O3/c1-16(26(36,12-33-14-30-13-32-33)22-9-4-18(28)10-23(22)29)34-15-31-24-11-20(7-8-21(24)25(34)35)37-19-5-2-17(27)3-6-19/h2-11,13-16,36H,12H2,1H3/t16-,26-/m1/s1. The van der Waals surface area contributed by atoms with E-state index in [-0.39, 0.29) is 17.5 Å². The Hall–Kier alpha value is -4.15. The van der Waals surface area contributed by atoms with Crippen LogP contribution in [0.1, 0.15) is 18.5 Å². The number of aromatic nitrogens is 5. The fourth-order valence-corrected chi connectivity index (χ4v) is 4.29. The van der Waals surface area contributed by atoms with Crippen molar-refractivity contribution in [2.75, 3.05) is 0 Å². The molecule has 2 aromatic heterocycles. The van der Waals surface area contributed by atoms with Crippen LogP contribution in [0.2, 0.25) is 5.02 Å². The molecule has 8 nitrogen and oxygen atoms in total. The van der Waals surface area contributed by atoms with Crippen molar-refractivity contribution in [3.63, 3.8) is 0 Å². The minimum atomic E-state index is -2.01. The molecular formula is C26H20ClF2N5O3. The van der Waals surface area contributed by atoms with Crippen LogP contribution in [0.4, 0.5) is 8.78 Å². The van der Waals surface area contributed by atoms with Gasteiger partial charge in [-0.2, -0.15) is 5.10 Å². The molecule has 0 aliphatic carbocycles. The van der Waals surface area contributed by atoms with Gasteiger partial charge in [-0.05, 0) is 49.4 Å². The highest BCUT2D eigenvalue weighted by molar-refractivity contribution is 6.30. The Balaban J connectivity index is 1.54. The lowest BCUT2D eigenvalue weighted by molar-refractivity contribution is -0.0343. The van der Waals surface area contributed by atoms with Crippen LogP contribution in [-0.2, 0) is 12.1 Å². The molecule has 3 aromatic carbocycles. The zero-order valence-electron chi connectivity index (χ0n) is 19.4. The van der Waals surface area contributed by atoms with Gasteiger partial charge in [0.05, 0.1) is 29.8 Å². The van der Waals surface area contributed by atoms with Gasteiger partial charge in [-0.15, -0.1) is 0 Å². The number of benzene rings is 3. The van der Waals surface area contributed by atoms with E-state index in [0.717, 1.165) is 12.1 Å². The first kappa shape index (κ1) is 24.5. The van der Waals surface area contributed by atoms with Gasteiger partial charge in [0.25, 0.3) is 5.56 Å². The Morgan fingerprint density at radius 3 is 2.51 bits per heavy atom. The highest BCUT2D eigenvalue weighted by Crippen LogP contribution is 2.36. The maximum absolute atomic E-state index is 14.9. The van der Waals surface area contributed by atoms with E-state index >= 15 is 0 Å². The second-order valence-electron chi connectivity index (χ2n) is 8.51. The van der Waals surface area contributed by atoms with Crippen molar-refractivity contribution in [1.29, 1.82) is 0 Å². The van der Waals surface area contributed by atoms with Gasteiger partial charge in [-0.3, -0.25) is 9.36 Å². The molecule has 0 spiro atoms. The molecule has 2 atom stereocenters. The molecule has 0 saturated heterocycles. The maximum atomic E-state index is 14.9. The number of hydrogen-bond donors (Lipinski definition) is 1. The second-order valence-corrected chi connectivity index (χ2v) is 8.95. The maximum Gasteiger partial charge on any atom is 0.261 e. The summed E-state index contributed by atoms with van der Waals surface area (Å²) in [6.07, 6.45) is 3.89. The second kappa shape index (κ2) is 9.72. The summed E-state index contributed by atoms with van der Waals surface area (Å²) < 4.78 is 36.8. The van der Waals surface area contributed by atoms with Gasteiger partial charge in [0.2, 0.25) is 0 Å². The molecule has 37 heavy (non-hydrogen) atoms. The molecule has 5 rings (SSSR count). The SMILES string of the molecule is C[C@@H](n1cnc2cc(Oc3ccc(Cl)cc3)ccc2c1=O)[C@](O)(Cn1cncn1)c1ccc(F)cc1F. The van der Waals surface area contributed by atoms with Gasteiger partial charge >= 0.3 is 0 Å². The summed E-state index contributed by atoms with van der Waals surface area (Å²) in [6.45, 7) is 1.29. The first-order valence-electron chi connectivity index (χ1n) is 11.2. The molecular weight excluding hydrogens is 504 g/mol. The van der Waals surface area contributed by atoms with Gasteiger partial charge in [-0.1, -0.05) is 17.7 Å². The average Bonchev–Trinajstić information content (AvgIpc) is 3.38. The van der Waals surface area contributed by atoms with Crippen molar-refractivity contribution in [3.8, 4) is 11.5 Å². The number of rotatable bonds is 7. The van der Waals surface area contributed by atoms with E-state index in [0.29, 0.717) is 28.1 Å². The Morgan fingerprint density at radius 1 is 1.05 bits per heavy atom. The number of halogens is 3. The van der Waals surface area contributed by atoms with Crippen molar-refractivity contribution in [2.45, 2.75) is 25.1 Å². The Bertz CT molecular complexity index is 1630. The van der Waals surface area contributed by atoms with Gasteiger partial charge in [0.15, 0.2) is 0 Å². The van der Waals surface area contributed by atoms with Crippen molar-refractivity contribution in [3.05, 3.63) is 112 Å². The zero-order chi connectivity index (χ0) is 26.2. The normalized spacial score (nSPS) is 13.9. The van der Waals surface area contributed by atoms with E-state index in [9.17, 15) is 18.7 Å². The van der Waals surface area contributed by atoms with Crippen molar-refractivity contribution < 1.29 is 18.6 Å². The van der Waals surface area contributed by atoms with Gasteiger partial charge in [-0.25, -0.2) is 23.4 Å². The van der Waals surface area contributed by atoms with E-state index < -0.39 is 28.8 Å². The lowest BCUT2D eigenvalue weighted by atomic mass is 9.86. The Labute approximate surface area is 214 Å². The summed E-state index contributed by atoms with van der Waals surface area (Å²) in [7, 11) is 0. The molecule has 0 aliphatic rings. The molecule has 11 heteroatoms. The van der Waals surface area contributed by atoms with Crippen LogP contribution in [0.25, 0.3) is 10.9 Å². The third-order valence-corrected chi connectivity index (χ3v) is 6.43. The summed E-state index contributed by atoms with van der Waals surface area (Å²) in [5, 5.41) is 16.6. The molecule has 0 amide bonds. The average molecular weight is 524 g/mol. The first-order chi connectivity index (χ1) is 17.7. The Morgan fingerprint density at radius 2 is 1.81 bits per heavy atom. The molecule has 0 unspecified atom stereocenters. The van der Waals surface area contributed by atoms with Gasteiger partial charge in [0, 0.05) is 22.7 Å². The summed E-state index contributed by atoms with van der Waals surface area (Å²) in [5.74, 6) is -0.729. The highest BCUT2D eigenvalue weighted by Gasteiger charge is 2.41. The highest BCUT2D eigenvalue weighted by atomic mass is 35.5. The Kier molecular flexibility index (Phi) is 6.45. The molecule has 2 heterocycles. The van der Waals surface area contributed by atoms with Crippen LogP contribution in [0.15, 0.2) is 84.4 Å². The molecule has 0 radical (unpaired) electrons. The van der Waals surface area contributed by atoms with Crippen LogP contribution >= 0.6 is 11.6 Å². The molecule has 1 N–H and O–H groups in total. The smallest absolute Gasteiger partial charge is 0.261 e. The van der Waals surface area contributed by atoms with E-state index in [1.54, 1.807) is 49.4 Å². The lowest BCUT2D eigenvalue weighted by Gasteiger charge is -2.35. The van der Waals surface area contributed by atoms with Crippen molar-refractivity contribution in [2.24, 2.45) is 0 Å². The van der Waals surface area contributed by atoms with Gasteiger partial charge < -0.3 is 9.84 Å². The molecule has 0 bridgehead atoms. The number of aliphatic hydroxyl groups is 1. The van der Waals surface area contributed by atoms with Crippen molar-refractivity contribution >= 4 is 22.5 Å². The fraction of sp³-hybridized carbons (Fsp3) is 0.154. The molecule has 0 saturated carbocycles.